The number of aliphatic carboxylic acids is 1. The van der Waals surface area contributed by atoms with E-state index >= 15 is 0 Å². The van der Waals surface area contributed by atoms with Crippen molar-refractivity contribution in [2.75, 3.05) is 13.7 Å². The molecule has 1 aromatic carbocycles. The summed E-state index contributed by atoms with van der Waals surface area (Å²) in [6, 6.07) is 4.67. The number of hydrogen-bond acceptors (Lipinski definition) is 3. The molecule has 1 saturated heterocycles. The van der Waals surface area contributed by atoms with E-state index in [-0.39, 0.29) is 11.8 Å². The van der Waals surface area contributed by atoms with E-state index < -0.39 is 17.3 Å². The molecule has 4 nitrogen and oxygen atoms in total. The second-order valence-corrected chi connectivity index (χ2v) is 5.56. The van der Waals surface area contributed by atoms with Gasteiger partial charge in [0.2, 0.25) is 0 Å². The molecule has 1 aliphatic heterocycles. The Morgan fingerprint density at radius 3 is 2.81 bits per heavy atom. The van der Waals surface area contributed by atoms with Gasteiger partial charge in [-0.2, -0.15) is 0 Å². The number of methoxy groups -OCH3 is 1. The Balaban J connectivity index is 2.32. The van der Waals surface area contributed by atoms with Crippen molar-refractivity contribution in [2.45, 2.75) is 44.7 Å². The Morgan fingerprint density at radius 2 is 2.29 bits per heavy atom. The van der Waals surface area contributed by atoms with Crippen LogP contribution in [0.1, 0.15) is 44.7 Å². The van der Waals surface area contributed by atoms with Gasteiger partial charge in [-0.25, -0.2) is 4.39 Å². The first kappa shape index (κ1) is 15.8. The van der Waals surface area contributed by atoms with Crippen LogP contribution in [0.5, 0.6) is 5.75 Å². The van der Waals surface area contributed by atoms with Gasteiger partial charge in [0.25, 0.3) is 0 Å². The van der Waals surface area contributed by atoms with E-state index in [1.54, 1.807) is 12.1 Å². The minimum Gasteiger partial charge on any atom is -0.494 e. The molecule has 21 heavy (non-hydrogen) atoms. The van der Waals surface area contributed by atoms with Crippen molar-refractivity contribution in [3.05, 3.63) is 29.6 Å². The summed E-state index contributed by atoms with van der Waals surface area (Å²) in [4.78, 5) is 13.7. The van der Waals surface area contributed by atoms with E-state index in [2.05, 4.69) is 0 Å². The molecule has 0 aromatic heterocycles. The van der Waals surface area contributed by atoms with Crippen molar-refractivity contribution in [1.29, 1.82) is 0 Å². The number of halogens is 1. The lowest BCUT2D eigenvalue weighted by molar-refractivity contribution is -0.151. The van der Waals surface area contributed by atoms with Crippen LogP contribution >= 0.6 is 0 Å². The number of rotatable bonds is 5. The summed E-state index contributed by atoms with van der Waals surface area (Å²) in [7, 11) is 1.43. The number of carboxylic acid groups (broad SMARTS) is 1. The molecule has 0 amide bonds. The van der Waals surface area contributed by atoms with Gasteiger partial charge in [0, 0.05) is 6.04 Å². The molecule has 0 radical (unpaired) electrons. The summed E-state index contributed by atoms with van der Waals surface area (Å²) in [5, 5.41) is 9.63. The first-order valence-electron chi connectivity index (χ1n) is 7.30. The smallest absolute Gasteiger partial charge is 0.324 e. The SMILES string of the molecule is CCC1(C(=O)O)CCCN1C(C)c1ccc(OC)c(F)c1. The van der Waals surface area contributed by atoms with Crippen LogP contribution in [0, 0.1) is 5.82 Å². The first-order chi connectivity index (χ1) is 9.96. The zero-order valence-electron chi connectivity index (χ0n) is 12.7. The molecule has 2 rings (SSSR count). The maximum Gasteiger partial charge on any atom is 0.324 e. The van der Waals surface area contributed by atoms with Gasteiger partial charge in [-0.15, -0.1) is 0 Å². The third-order valence-electron chi connectivity index (χ3n) is 4.65. The quantitative estimate of drug-likeness (QED) is 0.906. The van der Waals surface area contributed by atoms with Crippen molar-refractivity contribution >= 4 is 5.97 Å². The van der Waals surface area contributed by atoms with E-state index in [0.717, 1.165) is 18.5 Å². The number of carbonyl (C=O) groups is 1. The van der Waals surface area contributed by atoms with Crippen LogP contribution in [0.3, 0.4) is 0 Å². The molecule has 116 valence electrons. The molecule has 1 aliphatic rings. The van der Waals surface area contributed by atoms with Crippen LogP contribution in [0.25, 0.3) is 0 Å². The molecule has 2 atom stereocenters. The highest BCUT2D eigenvalue weighted by molar-refractivity contribution is 5.79. The lowest BCUT2D eigenvalue weighted by atomic mass is 9.91. The Labute approximate surface area is 124 Å². The number of benzene rings is 1. The molecule has 1 aromatic rings. The molecular formula is C16H22FNO3. The highest BCUT2D eigenvalue weighted by Gasteiger charge is 2.48. The van der Waals surface area contributed by atoms with E-state index in [1.165, 1.54) is 13.2 Å². The number of carboxylic acids is 1. The topological polar surface area (TPSA) is 49.8 Å². The molecule has 1 N–H and O–H groups in total. The minimum atomic E-state index is -0.837. The fourth-order valence-electron chi connectivity index (χ4n) is 3.35. The van der Waals surface area contributed by atoms with Crippen molar-refractivity contribution < 1.29 is 19.0 Å². The summed E-state index contributed by atoms with van der Waals surface area (Å²) in [5.74, 6) is -1.01. The van der Waals surface area contributed by atoms with E-state index in [9.17, 15) is 14.3 Å². The minimum absolute atomic E-state index is 0.149. The maximum absolute atomic E-state index is 13.9. The van der Waals surface area contributed by atoms with Crippen LogP contribution in [-0.2, 0) is 4.79 Å². The zero-order valence-corrected chi connectivity index (χ0v) is 12.7. The second kappa shape index (κ2) is 6.02. The molecule has 2 unspecified atom stereocenters. The number of nitrogens with zero attached hydrogens (tertiary/aromatic N) is 1. The van der Waals surface area contributed by atoms with Crippen molar-refractivity contribution in [2.24, 2.45) is 0 Å². The number of likely N-dealkylation sites (tertiary alicyclic amines) is 1. The number of ether oxygens (including phenoxy) is 1. The third-order valence-corrected chi connectivity index (χ3v) is 4.65. The van der Waals surface area contributed by atoms with Gasteiger partial charge in [0.05, 0.1) is 7.11 Å². The Kier molecular flexibility index (Phi) is 4.52. The monoisotopic (exact) mass is 295 g/mol. The van der Waals surface area contributed by atoms with Crippen molar-refractivity contribution in [3.63, 3.8) is 0 Å². The summed E-state index contributed by atoms with van der Waals surface area (Å²) >= 11 is 0. The van der Waals surface area contributed by atoms with Gasteiger partial charge in [-0.1, -0.05) is 13.0 Å². The molecule has 5 heteroatoms. The van der Waals surface area contributed by atoms with Crippen LogP contribution < -0.4 is 4.74 Å². The van der Waals surface area contributed by atoms with Gasteiger partial charge < -0.3 is 9.84 Å². The highest BCUT2D eigenvalue weighted by atomic mass is 19.1. The van der Waals surface area contributed by atoms with Gasteiger partial charge in [-0.3, -0.25) is 9.69 Å². The van der Waals surface area contributed by atoms with E-state index in [0.29, 0.717) is 12.8 Å². The normalized spacial score (nSPS) is 24.0. The predicted molar refractivity (Wildman–Crippen MR) is 78.0 cm³/mol. The first-order valence-corrected chi connectivity index (χ1v) is 7.30. The summed E-state index contributed by atoms with van der Waals surface area (Å²) < 4.78 is 18.8. The lowest BCUT2D eigenvalue weighted by Crippen LogP contribution is -2.50. The van der Waals surface area contributed by atoms with Crippen LogP contribution in [-0.4, -0.2) is 35.2 Å². The largest absolute Gasteiger partial charge is 0.494 e. The molecule has 0 spiro atoms. The van der Waals surface area contributed by atoms with Crippen molar-refractivity contribution in [3.8, 4) is 5.75 Å². The Hall–Kier alpha value is -1.62. The molecule has 0 saturated carbocycles. The predicted octanol–water partition coefficient (Wildman–Crippen LogP) is 3.22. The van der Waals surface area contributed by atoms with Gasteiger partial charge in [0.15, 0.2) is 11.6 Å². The molecule has 0 aliphatic carbocycles. The summed E-state index contributed by atoms with van der Waals surface area (Å²) in [6.07, 6.45) is 2.04. The maximum atomic E-state index is 13.9. The summed E-state index contributed by atoms with van der Waals surface area (Å²) in [6.45, 7) is 4.54. The van der Waals surface area contributed by atoms with Gasteiger partial charge >= 0.3 is 5.97 Å². The standard InChI is InChI=1S/C16H22FNO3/c1-4-16(15(19)20)8-5-9-18(16)11(2)12-6-7-14(21-3)13(17)10-12/h6-7,10-11H,4-5,8-9H2,1-3H3,(H,19,20). The number of hydrogen-bond donors (Lipinski definition) is 1. The molecule has 0 bridgehead atoms. The van der Waals surface area contributed by atoms with Crippen LogP contribution in [0.4, 0.5) is 4.39 Å². The van der Waals surface area contributed by atoms with Crippen LogP contribution in [0.2, 0.25) is 0 Å². The fraction of sp³-hybridized carbons (Fsp3) is 0.562. The van der Waals surface area contributed by atoms with E-state index in [4.69, 9.17) is 4.74 Å². The zero-order chi connectivity index (χ0) is 15.6. The Bertz CT molecular complexity index is 534. The Morgan fingerprint density at radius 1 is 1.57 bits per heavy atom. The molecule has 1 heterocycles. The van der Waals surface area contributed by atoms with Gasteiger partial charge in [0.1, 0.15) is 5.54 Å². The second-order valence-electron chi connectivity index (χ2n) is 5.56. The van der Waals surface area contributed by atoms with E-state index in [1.807, 2.05) is 18.7 Å². The molecule has 1 fully saturated rings. The molecular weight excluding hydrogens is 273 g/mol. The average Bonchev–Trinajstić information content (AvgIpc) is 2.91. The third kappa shape index (κ3) is 2.62. The lowest BCUT2D eigenvalue weighted by Gasteiger charge is -2.38. The van der Waals surface area contributed by atoms with Gasteiger partial charge in [-0.05, 0) is 50.4 Å². The highest BCUT2D eigenvalue weighted by Crippen LogP contribution is 2.39. The average molecular weight is 295 g/mol. The van der Waals surface area contributed by atoms with Crippen molar-refractivity contribution in [1.82, 2.24) is 4.90 Å². The fourth-order valence-corrected chi connectivity index (χ4v) is 3.35. The van der Waals surface area contributed by atoms with Crippen LogP contribution in [0.15, 0.2) is 18.2 Å². The summed E-state index contributed by atoms with van der Waals surface area (Å²) in [5.41, 5.74) is -0.0650.